The third-order valence-electron chi connectivity index (χ3n) is 7.93. The van der Waals surface area contributed by atoms with Crippen LogP contribution in [0.15, 0.2) is 36.9 Å². The van der Waals surface area contributed by atoms with Crippen LogP contribution in [0, 0.1) is 11.3 Å². The molecule has 204 valence electrons. The van der Waals surface area contributed by atoms with Crippen LogP contribution in [0.25, 0.3) is 22.4 Å². The molecule has 3 aliphatic rings. The number of carbonyl (C=O) groups is 1. The maximum Gasteiger partial charge on any atom is 0.417 e. The second-order valence-electron chi connectivity index (χ2n) is 10.7. The summed E-state index contributed by atoms with van der Waals surface area (Å²) in [5.74, 6) is -0.0883. The first-order chi connectivity index (χ1) is 18.1. The Hall–Kier alpha value is -2.98. The highest BCUT2D eigenvalue weighted by Crippen LogP contribution is 2.57. The van der Waals surface area contributed by atoms with Crippen LogP contribution in [-0.4, -0.2) is 74.1 Å². The quantitative estimate of drug-likeness (QED) is 0.501. The molecule has 0 radical (unpaired) electrons. The number of alkyl halides is 4. The summed E-state index contributed by atoms with van der Waals surface area (Å²) >= 11 is 0. The van der Waals surface area contributed by atoms with Crippen molar-refractivity contribution in [2.24, 2.45) is 11.3 Å². The number of aromatic nitrogens is 1. The predicted octanol–water partition coefficient (Wildman–Crippen LogP) is 4.82. The molecular formula is C28H32F4N4O2. The first-order valence-corrected chi connectivity index (χ1v) is 12.9. The van der Waals surface area contributed by atoms with Crippen molar-refractivity contribution < 1.29 is 27.1 Å². The van der Waals surface area contributed by atoms with Crippen molar-refractivity contribution in [3.63, 3.8) is 0 Å². The van der Waals surface area contributed by atoms with Gasteiger partial charge in [0.05, 0.1) is 29.6 Å². The number of fused-ring (bicyclic) bond motifs is 1. The van der Waals surface area contributed by atoms with Gasteiger partial charge < -0.3 is 20.3 Å². The number of allylic oxidation sites excluding steroid dienone is 1. The lowest BCUT2D eigenvalue weighted by atomic mass is 9.99. The van der Waals surface area contributed by atoms with Gasteiger partial charge in [0.1, 0.15) is 6.17 Å². The largest absolute Gasteiger partial charge is 0.417 e. The number of piperidine rings is 1. The Balaban J connectivity index is 1.38. The van der Waals surface area contributed by atoms with Crippen LogP contribution >= 0.6 is 0 Å². The average Bonchev–Trinajstić information content (AvgIpc) is 3.38. The van der Waals surface area contributed by atoms with Gasteiger partial charge in [-0.25, -0.2) is 9.37 Å². The van der Waals surface area contributed by atoms with Crippen molar-refractivity contribution in [3.8, 4) is 0 Å². The monoisotopic (exact) mass is 532 g/mol. The molecule has 2 aliphatic heterocycles. The van der Waals surface area contributed by atoms with E-state index in [1.165, 1.54) is 0 Å². The molecule has 1 amide bonds. The number of benzene rings is 1. The molecule has 1 spiro atoms. The highest BCUT2D eigenvalue weighted by molar-refractivity contribution is 6.00. The van der Waals surface area contributed by atoms with E-state index in [1.54, 1.807) is 36.4 Å². The summed E-state index contributed by atoms with van der Waals surface area (Å²) < 4.78 is 61.2. The summed E-state index contributed by atoms with van der Waals surface area (Å²) in [6, 6.07) is 6.15. The molecule has 6 nitrogen and oxygen atoms in total. The number of anilines is 1. The van der Waals surface area contributed by atoms with Gasteiger partial charge in [0, 0.05) is 54.0 Å². The zero-order valence-corrected chi connectivity index (χ0v) is 21.3. The van der Waals surface area contributed by atoms with Gasteiger partial charge in [-0.05, 0) is 44.5 Å². The second-order valence-corrected chi connectivity index (χ2v) is 10.7. The van der Waals surface area contributed by atoms with Crippen molar-refractivity contribution in [1.29, 1.82) is 0 Å². The fourth-order valence-corrected chi connectivity index (χ4v) is 5.53. The molecule has 38 heavy (non-hydrogen) atoms. The van der Waals surface area contributed by atoms with E-state index in [0.29, 0.717) is 30.7 Å². The van der Waals surface area contributed by atoms with E-state index < -0.39 is 24.0 Å². The summed E-state index contributed by atoms with van der Waals surface area (Å²) in [4.78, 5) is 18.7. The van der Waals surface area contributed by atoms with E-state index in [0.717, 1.165) is 19.4 Å². The molecule has 1 aliphatic carbocycles. The van der Waals surface area contributed by atoms with Gasteiger partial charge in [-0.3, -0.25) is 4.79 Å². The van der Waals surface area contributed by atoms with E-state index in [9.17, 15) is 22.4 Å². The SMILES string of the molecule is C=C(c1nc(/C=C/CNC(=O)C2CC23CCOC3)cc2c(N[C@@H]3CCN(C)CC3F)cccc12)C(F)(F)F. The Morgan fingerprint density at radius 1 is 1.34 bits per heavy atom. The molecule has 2 saturated heterocycles. The number of nitrogens with one attached hydrogen (secondary N) is 2. The number of halogens is 4. The van der Waals surface area contributed by atoms with E-state index >= 15 is 0 Å². The van der Waals surface area contributed by atoms with Crippen LogP contribution in [-0.2, 0) is 9.53 Å². The molecule has 3 unspecified atom stereocenters. The van der Waals surface area contributed by atoms with Crippen molar-refractivity contribution in [1.82, 2.24) is 15.2 Å². The van der Waals surface area contributed by atoms with E-state index in [-0.39, 0.29) is 47.1 Å². The third-order valence-corrected chi connectivity index (χ3v) is 7.93. The van der Waals surface area contributed by atoms with Gasteiger partial charge in [-0.1, -0.05) is 24.8 Å². The van der Waals surface area contributed by atoms with Crippen molar-refractivity contribution in [3.05, 3.63) is 48.3 Å². The van der Waals surface area contributed by atoms with E-state index in [1.807, 2.05) is 11.9 Å². The number of carbonyl (C=O) groups excluding carboxylic acids is 1. The van der Waals surface area contributed by atoms with Gasteiger partial charge in [-0.15, -0.1) is 0 Å². The predicted molar refractivity (Wildman–Crippen MR) is 139 cm³/mol. The zero-order chi connectivity index (χ0) is 27.1. The van der Waals surface area contributed by atoms with Crippen LogP contribution in [0.5, 0.6) is 0 Å². The van der Waals surface area contributed by atoms with Gasteiger partial charge in [-0.2, -0.15) is 13.2 Å². The van der Waals surface area contributed by atoms with E-state index in [4.69, 9.17) is 4.74 Å². The van der Waals surface area contributed by atoms with Gasteiger partial charge in [0.25, 0.3) is 0 Å². The summed E-state index contributed by atoms with van der Waals surface area (Å²) in [6.45, 7) is 5.80. The molecule has 5 rings (SSSR count). The summed E-state index contributed by atoms with van der Waals surface area (Å²) in [5, 5.41) is 6.87. The number of amides is 1. The maximum atomic E-state index is 14.7. The second kappa shape index (κ2) is 10.3. The first kappa shape index (κ1) is 26.6. The van der Waals surface area contributed by atoms with Gasteiger partial charge in [0.2, 0.25) is 5.91 Å². The minimum absolute atomic E-state index is 0.0175. The topological polar surface area (TPSA) is 66.5 Å². The molecule has 2 N–H and O–H groups in total. The molecule has 1 aromatic carbocycles. The molecule has 0 bridgehead atoms. The average molecular weight is 533 g/mol. The lowest BCUT2D eigenvalue weighted by Crippen LogP contribution is -2.46. The van der Waals surface area contributed by atoms with Crippen LogP contribution in [0.2, 0.25) is 0 Å². The Bertz CT molecular complexity index is 1260. The van der Waals surface area contributed by atoms with Gasteiger partial charge >= 0.3 is 6.18 Å². The van der Waals surface area contributed by atoms with Crippen molar-refractivity contribution in [2.45, 2.75) is 37.7 Å². The number of likely N-dealkylation sites (tertiary alicyclic amines) is 1. The van der Waals surface area contributed by atoms with Crippen LogP contribution < -0.4 is 10.6 Å². The fraction of sp³-hybridized carbons (Fsp3) is 0.500. The van der Waals surface area contributed by atoms with Crippen LogP contribution in [0.3, 0.4) is 0 Å². The minimum Gasteiger partial charge on any atom is -0.381 e. The number of hydrogen-bond acceptors (Lipinski definition) is 5. The molecule has 1 aromatic heterocycles. The van der Waals surface area contributed by atoms with E-state index in [2.05, 4.69) is 22.2 Å². The number of rotatable bonds is 7. The normalized spacial score (nSPS) is 27.8. The minimum atomic E-state index is -4.66. The number of nitrogens with zero attached hydrogens (tertiary/aromatic N) is 2. The number of pyridine rings is 1. The molecule has 4 atom stereocenters. The lowest BCUT2D eigenvalue weighted by Gasteiger charge is -2.33. The maximum absolute atomic E-state index is 14.7. The highest BCUT2D eigenvalue weighted by Gasteiger charge is 2.59. The lowest BCUT2D eigenvalue weighted by molar-refractivity contribution is -0.122. The van der Waals surface area contributed by atoms with Crippen LogP contribution in [0.4, 0.5) is 23.2 Å². The Labute approximate surface area is 219 Å². The standard InChI is InChI=1S/C28H32F4N4O2/c1-17(28(30,31)32)25-19-6-3-7-23(35-24-8-11-36(2)15-22(24)29)20(19)13-18(34-25)5-4-10-33-26(37)21-14-27(21)9-12-38-16-27/h3-7,13,21-22,24,35H,1,8-12,14-16H2,2H3,(H,33,37)/b5-4+/t21?,22?,24-,27?/m1/s1. The zero-order valence-electron chi connectivity index (χ0n) is 21.3. The third kappa shape index (κ3) is 5.42. The number of ether oxygens (including phenoxy) is 1. The van der Waals surface area contributed by atoms with Crippen molar-refractivity contribution in [2.75, 3.05) is 45.2 Å². The highest BCUT2D eigenvalue weighted by atomic mass is 19.4. The summed E-state index contributed by atoms with van der Waals surface area (Å²) in [6.07, 6.45) is -0.241. The van der Waals surface area contributed by atoms with Crippen molar-refractivity contribution >= 4 is 34.0 Å². The first-order valence-electron chi connectivity index (χ1n) is 12.9. The molecule has 3 heterocycles. The van der Waals surface area contributed by atoms with Gasteiger partial charge in [0.15, 0.2) is 0 Å². The Morgan fingerprint density at radius 3 is 2.87 bits per heavy atom. The fourth-order valence-electron chi connectivity index (χ4n) is 5.53. The summed E-state index contributed by atoms with van der Waals surface area (Å²) in [5.41, 5.74) is -0.517. The molecule has 10 heteroatoms. The Kier molecular flexibility index (Phi) is 7.21. The summed E-state index contributed by atoms with van der Waals surface area (Å²) in [7, 11) is 1.86. The molecule has 2 aromatic rings. The molecule has 1 saturated carbocycles. The Morgan fingerprint density at radius 2 is 2.16 bits per heavy atom. The van der Waals surface area contributed by atoms with Crippen LogP contribution in [0.1, 0.15) is 30.7 Å². The smallest absolute Gasteiger partial charge is 0.381 e. The molecular weight excluding hydrogens is 500 g/mol. The molecule has 3 fully saturated rings. The number of hydrogen-bond donors (Lipinski definition) is 2.